The summed E-state index contributed by atoms with van der Waals surface area (Å²) >= 11 is 0. The third-order valence-electron chi connectivity index (χ3n) is 4.66. The molecular weight excluding hydrogens is 394 g/mol. The van der Waals surface area contributed by atoms with Crippen molar-refractivity contribution in [2.75, 3.05) is 26.1 Å². The van der Waals surface area contributed by atoms with E-state index in [1.165, 1.54) is 0 Å². The Kier molecular flexibility index (Phi) is 7.38. The molecule has 0 aliphatic carbocycles. The highest BCUT2D eigenvalue weighted by Crippen LogP contribution is 2.30. The Morgan fingerprint density at radius 2 is 1.71 bits per heavy atom. The Morgan fingerprint density at radius 1 is 0.871 bits per heavy atom. The number of nitrogens with one attached hydrogen (secondary N) is 1. The van der Waals surface area contributed by atoms with Crippen molar-refractivity contribution in [2.45, 2.75) is 20.5 Å². The van der Waals surface area contributed by atoms with E-state index in [0.29, 0.717) is 35.1 Å². The highest BCUT2D eigenvalue weighted by Gasteiger charge is 2.14. The first-order chi connectivity index (χ1) is 15.0. The van der Waals surface area contributed by atoms with E-state index in [9.17, 15) is 4.79 Å². The summed E-state index contributed by atoms with van der Waals surface area (Å²) in [6.07, 6.45) is 0. The minimum Gasteiger partial charge on any atom is -0.497 e. The number of anilines is 1. The monoisotopic (exact) mass is 421 g/mol. The van der Waals surface area contributed by atoms with E-state index in [-0.39, 0.29) is 12.5 Å². The molecule has 1 amide bonds. The van der Waals surface area contributed by atoms with Crippen LogP contribution in [0.5, 0.6) is 23.0 Å². The quantitative estimate of drug-likeness (QED) is 0.512. The van der Waals surface area contributed by atoms with Crippen LogP contribution in [0.2, 0.25) is 0 Å². The number of hydrogen-bond donors (Lipinski definition) is 1. The minimum absolute atomic E-state index is 0.261. The van der Waals surface area contributed by atoms with Crippen LogP contribution in [0.25, 0.3) is 0 Å². The Morgan fingerprint density at radius 3 is 2.42 bits per heavy atom. The molecule has 0 aromatic heterocycles. The molecule has 0 unspecified atom stereocenters. The number of carbonyl (C=O) groups excluding carboxylic acids is 1. The van der Waals surface area contributed by atoms with Crippen molar-refractivity contribution < 1.29 is 23.7 Å². The predicted molar refractivity (Wildman–Crippen MR) is 121 cm³/mol. The van der Waals surface area contributed by atoms with Crippen LogP contribution >= 0.6 is 0 Å². The molecule has 3 rings (SSSR count). The van der Waals surface area contributed by atoms with Gasteiger partial charge < -0.3 is 24.3 Å². The molecule has 162 valence electrons. The van der Waals surface area contributed by atoms with Gasteiger partial charge in [0.15, 0.2) is 0 Å². The van der Waals surface area contributed by atoms with Crippen LogP contribution in [0.4, 0.5) is 5.69 Å². The largest absolute Gasteiger partial charge is 0.497 e. The second-order valence-electron chi connectivity index (χ2n) is 6.88. The molecule has 0 radical (unpaired) electrons. The van der Waals surface area contributed by atoms with Crippen LogP contribution in [-0.4, -0.2) is 26.7 Å². The smallest absolute Gasteiger partial charge is 0.255 e. The van der Waals surface area contributed by atoms with Gasteiger partial charge in [0.2, 0.25) is 0 Å². The van der Waals surface area contributed by atoms with Gasteiger partial charge in [-0.15, -0.1) is 0 Å². The maximum Gasteiger partial charge on any atom is 0.255 e. The third-order valence-corrected chi connectivity index (χ3v) is 4.66. The number of rotatable bonds is 9. The molecule has 1 N–H and O–H groups in total. The van der Waals surface area contributed by atoms with E-state index < -0.39 is 0 Å². The second-order valence-corrected chi connectivity index (χ2v) is 6.88. The van der Waals surface area contributed by atoms with Gasteiger partial charge in [0.25, 0.3) is 5.91 Å². The topological polar surface area (TPSA) is 66.0 Å². The summed E-state index contributed by atoms with van der Waals surface area (Å²) in [5.41, 5.74) is 2.95. The lowest BCUT2D eigenvalue weighted by Gasteiger charge is -2.15. The van der Waals surface area contributed by atoms with Crippen molar-refractivity contribution >= 4 is 11.6 Å². The summed E-state index contributed by atoms with van der Waals surface area (Å²) in [7, 11) is 3.12. The van der Waals surface area contributed by atoms with Crippen LogP contribution in [0, 0.1) is 6.92 Å². The number of amides is 1. The van der Waals surface area contributed by atoms with Crippen LogP contribution in [-0.2, 0) is 6.61 Å². The Bertz CT molecular complexity index is 1050. The van der Waals surface area contributed by atoms with Gasteiger partial charge in [-0.3, -0.25) is 4.79 Å². The normalized spacial score (nSPS) is 10.3. The molecule has 3 aromatic carbocycles. The van der Waals surface area contributed by atoms with Gasteiger partial charge in [-0.05, 0) is 61.9 Å². The van der Waals surface area contributed by atoms with Crippen LogP contribution < -0.4 is 24.3 Å². The highest BCUT2D eigenvalue weighted by atomic mass is 16.5. The second kappa shape index (κ2) is 10.4. The van der Waals surface area contributed by atoms with E-state index in [4.69, 9.17) is 18.9 Å². The van der Waals surface area contributed by atoms with E-state index in [2.05, 4.69) is 5.32 Å². The number of aryl methyl sites for hydroxylation is 1. The Hall–Kier alpha value is -3.67. The lowest BCUT2D eigenvalue weighted by atomic mass is 10.1. The fourth-order valence-corrected chi connectivity index (χ4v) is 3.09. The average Bonchev–Trinajstić information content (AvgIpc) is 2.78. The number of hydrogen-bond acceptors (Lipinski definition) is 5. The molecule has 0 fully saturated rings. The number of carbonyl (C=O) groups is 1. The van der Waals surface area contributed by atoms with Crippen molar-refractivity contribution in [2.24, 2.45) is 0 Å². The lowest BCUT2D eigenvalue weighted by Crippen LogP contribution is -2.14. The van der Waals surface area contributed by atoms with E-state index in [1.54, 1.807) is 50.6 Å². The maximum atomic E-state index is 12.9. The third kappa shape index (κ3) is 5.69. The zero-order chi connectivity index (χ0) is 22.2. The summed E-state index contributed by atoms with van der Waals surface area (Å²) in [6, 6.07) is 18.3. The fraction of sp³-hybridized carbons (Fsp3) is 0.240. The molecular formula is C25H27NO5. The first-order valence-corrected chi connectivity index (χ1v) is 10.0. The van der Waals surface area contributed by atoms with Crippen molar-refractivity contribution in [1.82, 2.24) is 0 Å². The summed E-state index contributed by atoms with van der Waals surface area (Å²) in [5.74, 6) is 2.35. The van der Waals surface area contributed by atoms with Crippen LogP contribution in [0.1, 0.15) is 28.4 Å². The molecule has 31 heavy (non-hydrogen) atoms. The van der Waals surface area contributed by atoms with Crippen molar-refractivity contribution in [3.05, 3.63) is 77.4 Å². The SMILES string of the molecule is CCOc1ccc(C(=O)Nc2ccc(OC)cc2OC)cc1COc1cccc(C)c1. The average molecular weight is 421 g/mol. The van der Waals surface area contributed by atoms with Gasteiger partial charge >= 0.3 is 0 Å². The lowest BCUT2D eigenvalue weighted by molar-refractivity contribution is 0.102. The highest BCUT2D eigenvalue weighted by molar-refractivity contribution is 6.05. The Labute approximate surface area is 182 Å². The number of ether oxygens (including phenoxy) is 4. The molecule has 3 aromatic rings. The first kappa shape index (κ1) is 22.0. The van der Waals surface area contributed by atoms with Crippen LogP contribution in [0.3, 0.4) is 0 Å². The zero-order valence-corrected chi connectivity index (χ0v) is 18.2. The molecule has 0 saturated carbocycles. The molecule has 0 aliphatic heterocycles. The van der Waals surface area contributed by atoms with Gasteiger partial charge in [-0.1, -0.05) is 12.1 Å². The molecule has 0 aliphatic rings. The summed E-state index contributed by atoms with van der Waals surface area (Å²) < 4.78 is 22.2. The van der Waals surface area contributed by atoms with Gasteiger partial charge in [0, 0.05) is 17.2 Å². The first-order valence-electron chi connectivity index (χ1n) is 10.0. The maximum absolute atomic E-state index is 12.9. The summed E-state index contributed by atoms with van der Waals surface area (Å²) in [5, 5.41) is 2.89. The van der Waals surface area contributed by atoms with E-state index in [0.717, 1.165) is 16.9 Å². The zero-order valence-electron chi connectivity index (χ0n) is 18.2. The van der Waals surface area contributed by atoms with Gasteiger partial charge in [0.05, 0.1) is 26.5 Å². The van der Waals surface area contributed by atoms with E-state index >= 15 is 0 Å². The fourth-order valence-electron chi connectivity index (χ4n) is 3.09. The molecule has 0 heterocycles. The molecule has 0 atom stereocenters. The molecule has 0 spiro atoms. The van der Waals surface area contributed by atoms with Crippen molar-refractivity contribution in [1.29, 1.82) is 0 Å². The minimum atomic E-state index is -0.261. The van der Waals surface area contributed by atoms with Crippen molar-refractivity contribution in [3.8, 4) is 23.0 Å². The van der Waals surface area contributed by atoms with Gasteiger partial charge in [0.1, 0.15) is 29.6 Å². The predicted octanol–water partition coefficient (Wildman–Crippen LogP) is 5.24. The van der Waals surface area contributed by atoms with Crippen molar-refractivity contribution in [3.63, 3.8) is 0 Å². The van der Waals surface area contributed by atoms with Gasteiger partial charge in [-0.25, -0.2) is 0 Å². The molecule has 0 bridgehead atoms. The van der Waals surface area contributed by atoms with Gasteiger partial charge in [-0.2, -0.15) is 0 Å². The number of benzene rings is 3. The summed E-state index contributed by atoms with van der Waals surface area (Å²) in [6.45, 7) is 4.73. The molecule has 6 heteroatoms. The Balaban J connectivity index is 1.81. The van der Waals surface area contributed by atoms with E-state index in [1.807, 2.05) is 38.1 Å². The number of methoxy groups -OCH3 is 2. The van der Waals surface area contributed by atoms with Crippen LogP contribution in [0.15, 0.2) is 60.7 Å². The standard InChI is InChI=1S/C25H27NO5/c1-5-30-23-12-9-18(14-19(23)16-31-21-8-6-7-17(2)13-21)25(27)26-22-11-10-20(28-3)15-24(22)29-4/h6-15H,5,16H2,1-4H3,(H,26,27). The summed E-state index contributed by atoms with van der Waals surface area (Å²) in [4.78, 5) is 12.9. The molecule has 6 nitrogen and oxygen atoms in total. The molecule has 0 saturated heterocycles.